The van der Waals surface area contributed by atoms with Gasteiger partial charge in [0.1, 0.15) is 0 Å². The van der Waals surface area contributed by atoms with E-state index in [0.29, 0.717) is 0 Å². The highest BCUT2D eigenvalue weighted by Crippen LogP contribution is 2.20. The maximum atomic E-state index is 12.7. The van der Waals surface area contributed by atoms with Gasteiger partial charge in [-0.3, -0.25) is 9.59 Å². The molecule has 0 atom stereocenters. The number of esters is 1. The highest BCUT2D eigenvalue weighted by molar-refractivity contribution is 6.14. The lowest BCUT2D eigenvalue weighted by atomic mass is 9.94. The lowest BCUT2D eigenvalue weighted by Crippen LogP contribution is -2.13. The second kappa shape index (κ2) is 7.61. The standard InChI is InChI=1S/C19H14O8/c1-9(20)14-7-10(3-5-12(14)17(22)23)16(21)11-4-6-13(18(24)25)15(8-11)19(26)27-2/h3-8H,1-2H3,(H,22,23)(H,24,25). The first kappa shape index (κ1) is 19.5. The number of methoxy groups -OCH3 is 1. The molecule has 0 aliphatic carbocycles. The fourth-order valence-electron chi connectivity index (χ4n) is 2.48. The summed E-state index contributed by atoms with van der Waals surface area (Å²) in [5, 5.41) is 18.3. The lowest BCUT2D eigenvalue weighted by molar-refractivity contribution is 0.0582. The number of ketones is 2. The molecule has 2 rings (SSSR count). The third kappa shape index (κ3) is 3.90. The van der Waals surface area contributed by atoms with Gasteiger partial charge < -0.3 is 14.9 Å². The number of carboxylic acids is 2. The van der Waals surface area contributed by atoms with Crippen molar-refractivity contribution in [1.29, 1.82) is 0 Å². The van der Waals surface area contributed by atoms with Gasteiger partial charge in [-0.15, -0.1) is 0 Å². The number of Topliss-reactive ketones (excluding diaryl/α,β-unsaturated/α-hetero) is 1. The van der Waals surface area contributed by atoms with Crippen molar-refractivity contribution in [2.45, 2.75) is 6.92 Å². The van der Waals surface area contributed by atoms with Gasteiger partial charge in [-0.25, -0.2) is 14.4 Å². The van der Waals surface area contributed by atoms with Crippen LogP contribution in [-0.4, -0.2) is 46.8 Å². The summed E-state index contributed by atoms with van der Waals surface area (Å²) in [7, 11) is 1.08. The van der Waals surface area contributed by atoms with Crippen LogP contribution >= 0.6 is 0 Å². The number of ether oxygens (including phenoxy) is 1. The largest absolute Gasteiger partial charge is 0.478 e. The van der Waals surface area contributed by atoms with Crippen molar-refractivity contribution in [1.82, 2.24) is 0 Å². The van der Waals surface area contributed by atoms with Crippen LogP contribution in [-0.2, 0) is 4.74 Å². The lowest BCUT2D eigenvalue weighted by Gasteiger charge is -2.09. The van der Waals surface area contributed by atoms with Gasteiger partial charge >= 0.3 is 17.9 Å². The van der Waals surface area contributed by atoms with E-state index in [-0.39, 0.29) is 33.4 Å². The van der Waals surface area contributed by atoms with Gasteiger partial charge in [-0.2, -0.15) is 0 Å². The van der Waals surface area contributed by atoms with Gasteiger partial charge in [-0.05, 0) is 31.2 Å². The van der Waals surface area contributed by atoms with Crippen molar-refractivity contribution in [3.8, 4) is 0 Å². The fraction of sp³-hybridized carbons (Fsp3) is 0.105. The molecule has 8 heteroatoms. The van der Waals surface area contributed by atoms with Crippen molar-refractivity contribution >= 4 is 29.5 Å². The number of rotatable bonds is 6. The van der Waals surface area contributed by atoms with Gasteiger partial charge in [0, 0.05) is 16.7 Å². The first-order valence-electron chi connectivity index (χ1n) is 7.56. The summed E-state index contributed by atoms with van der Waals surface area (Å²) < 4.78 is 4.54. The molecule has 27 heavy (non-hydrogen) atoms. The van der Waals surface area contributed by atoms with Crippen LogP contribution in [0, 0.1) is 0 Å². The Morgan fingerprint density at radius 2 is 1.19 bits per heavy atom. The third-order valence-corrected chi connectivity index (χ3v) is 3.81. The average molecular weight is 370 g/mol. The van der Waals surface area contributed by atoms with E-state index >= 15 is 0 Å². The molecule has 2 aromatic rings. The molecule has 8 nitrogen and oxygen atoms in total. The molecule has 2 aromatic carbocycles. The van der Waals surface area contributed by atoms with Crippen molar-refractivity contribution < 1.29 is 38.9 Å². The molecule has 0 unspecified atom stereocenters. The molecule has 0 saturated carbocycles. The molecule has 0 fully saturated rings. The number of benzene rings is 2. The molecule has 0 heterocycles. The predicted molar refractivity (Wildman–Crippen MR) is 91.6 cm³/mol. The van der Waals surface area contributed by atoms with Crippen LogP contribution in [0.3, 0.4) is 0 Å². The molecule has 0 amide bonds. The van der Waals surface area contributed by atoms with Crippen LogP contribution in [0.15, 0.2) is 36.4 Å². The van der Waals surface area contributed by atoms with Crippen LogP contribution in [0.25, 0.3) is 0 Å². The van der Waals surface area contributed by atoms with E-state index in [9.17, 15) is 24.0 Å². The Kier molecular flexibility index (Phi) is 5.50. The first-order valence-corrected chi connectivity index (χ1v) is 7.56. The SMILES string of the molecule is COC(=O)c1cc(C(=O)c2ccc(C(=O)O)c(C(C)=O)c2)ccc1C(=O)O. The predicted octanol–water partition coefficient (Wildman–Crippen LogP) is 2.30. The van der Waals surface area contributed by atoms with Crippen molar-refractivity contribution in [3.63, 3.8) is 0 Å². The van der Waals surface area contributed by atoms with Crippen LogP contribution in [0.5, 0.6) is 0 Å². The van der Waals surface area contributed by atoms with Gasteiger partial charge in [0.15, 0.2) is 11.6 Å². The minimum absolute atomic E-state index is 0.0158. The molecule has 0 bridgehead atoms. The van der Waals surface area contributed by atoms with E-state index in [0.717, 1.165) is 31.4 Å². The van der Waals surface area contributed by atoms with Crippen molar-refractivity contribution in [2.75, 3.05) is 7.11 Å². The second-order valence-electron chi connectivity index (χ2n) is 5.51. The van der Waals surface area contributed by atoms with E-state index < -0.39 is 29.5 Å². The Hall–Kier alpha value is -3.81. The number of hydrogen-bond acceptors (Lipinski definition) is 6. The highest BCUT2D eigenvalue weighted by atomic mass is 16.5. The van der Waals surface area contributed by atoms with E-state index in [4.69, 9.17) is 10.2 Å². The number of aromatic carboxylic acids is 2. The zero-order chi connectivity index (χ0) is 20.3. The highest BCUT2D eigenvalue weighted by Gasteiger charge is 2.22. The quantitative estimate of drug-likeness (QED) is 0.584. The minimum atomic E-state index is -1.36. The van der Waals surface area contributed by atoms with Crippen LogP contribution in [0.4, 0.5) is 0 Å². The number of carboxylic acid groups (broad SMARTS) is 2. The third-order valence-electron chi connectivity index (χ3n) is 3.81. The molecule has 0 radical (unpaired) electrons. The Bertz CT molecular complexity index is 987. The van der Waals surface area contributed by atoms with Gasteiger partial charge in [0.2, 0.25) is 0 Å². The van der Waals surface area contributed by atoms with Crippen LogP contribution < -0.4 is 0 Å². The maximum absolute atomic E-state index is 12.7. The molecule has 0 aromatic heterocycles. The summed E-state index contributed by atoms with van der Waals surface area (Å²) in [6.45, 7) is 1.17. The molecule has 138 valence electrons. The van der Waals surface area contributed by atoms with Crippen LogP contribution in [0.1, 0.15) is 64.3 Å². The zero-order valence-electron chi connectivity index (χ0n) is 14.3. The molecular weight excluding hydrogens is 356 g/mol. The Balaban J connectivity index is 2.56. The number of hydrogen-bond donors (Lipinski definition) is 2. The van der Waals surface area contributed by atoms with Crippen LogP contribution in [0.2, 0.25) is 0 Å². The maximum Gasteiger partial charge on any atom is 0.338 e. The van der Waals surface area contributed by atoms with Gasteiger partial charge in [-0.1, -0.05) is 12.1 Å². The molecule has 0 aliphatic rings. The molecule has 2 N–H and O–H groups in total. The Labute approximate surface area is 153 Å². The Morgan fingerprint density at radius 3 is 1.59 bits per heavy atom. The fourth-order valence-corrected chi connectivity index (χ4v) is 2.48. The topological polar surface area (TPSA) is 135 Å². The summed E-state index contributed by atoms with van der Waals surface area (Å²) in [6, 6.07) is 6.92. The van der Waals surface area contributed by atoms with E-state index in [1.807, 2.05) is 0 Å². The average Bonchev–Trinajstić information content (AvgIpc) is 2.65. The monoisotopic (exact) mass is 370 g/mol. The second-order valence-corrected chi connectivity index (χ2v) is 5.51. The minimum Gasteiger partial charge on any atom is -0.478 e. The number of carbonyl (C=O) groups excluding carboxylic acids is 3. The smallest absolute Gasteiger partial charge is 0.338 e. The summed E-state index contributed by atoms with van der Waals surface area (Å²) in [4.78, 5) is 58.6. The van der Waals surface area contributed by atoms with Crippen molar-refractivity contribution in [2.24, 2.45) is 0 Å². The summed E-state index contributed by atoms with van der Waals surface area (Å²) in [6.07, 6.45) is 0. The number of carbonyl (C=O) groups is 5. The van der Waals surface area contributed by atoms with Gasteiger partial charge in [0.05, 0.1) is 23.8 Å². The Morgan fingerprint density at radius 1 is 0.741 bits per heavy atom. The van der Waals surface area contributed by atoms with E-state index in [1.54, 1.807) is 0 Å². The van der Waals surface area contributed by atoms with E-state index in [1.165, 1.54) is 19.1 Å². The summed E-state index contributed by atoms with van der Waals surface area (Å²) in [5.41, 5.74) is -1.00. The summed E-state index contributed by atoms with van der Waals surface area (Å²) in [5.74, 6) is -4.74. The molecule has 0 spiro atoms. The zero-order valence-corrected chi connectivity index (χ0v) is 14.3. The molecule has 0 saturated heterocycles. The first-order chi connectivity index (χ1) is 12.7. The van der Waals surface area contributed by atoms with E-state index in [2.05, 4.69) is 4.74 Å². The van der Waals surface area contributed by atoms with Gasteiger partial charge in [0.25, 0.3) is 0 Å². The summed E-state index contributed by atoms with van der Waals surface area (Å²) >= 11 is 0. The molecular formula is C19H14O8. The normalized spacial score (nSPS) is 10.1. The molecule has 0 aliphatic heterocycles. The van der Waals surface area contributed by atoms with Crippen molar-refractivity contribution in [3.05, 3.63) is 69.8 Å².